The Labute approximate surface area is 98.8 Å². The molecular weight excluding hydrogens is 230 g/mol. The van der Waals surface area contributed by atoms with Gasteiger partial charge in [-0.2, -0.15) is 0 Å². The first-order valence-corrected chi connectivity index (χ1v) is 6.53. The molecule has 1 aromatic rings. The third-order valence-electron chi connectivity index (χ3n) is 2.74. The van der Waals surface area contributed by atoms with Crippen LogP contribution in [0, 0.1) is 0 Å². The third kappa shape index (κ3) is 2.18. The number of thiophene rings is 1. The molecule has 2 nitrogen and oxygen atoms in total. The summed E-state index contributed by atoms with van der Waals surface area (Å²) in [7, 11) is 0. The molecule has 2 rings (SSSR count). The first-order chi connectivity index (χ1) is 7.22. The van der Waals surface area contributed by atoms with E-state index in [0.29, 0.717) is 6.54 Å². The van der Waals surface area contributed by atoms with Gasteiger partial charge in [-0.3, -0.25) is 4.79 Å². The summed E-state index contributed by atoms with van der Waals surface area (Å²) in [6, 6.07) is 2.03. The Bertz CT molecular complexity index is 363. The summed E-state index contributed by atoms with van der Waals surface area (Å²) in [5.41, 5.74) is 1.16. The smallest absolute Gasteiger partial charge is 0.264 e. The van der Waals surface area contributed by atoms with Crippen molar-refractivity contribution in [1.29, 1.82) is 0 Å². The van der Waals surface area contributed by atoms with Gasteiger partial charge in [-0.25, -0.2) is 0 Å². The molecule has 1 fully saturated rings. The summed E-state index contributed by atoms with van der Waals surface area (Å²) in [4.78, 5) is 14.9. The highest BCUT2D eigenvalue weighted by atomic mass is 35.5. The summed E-state index contributed by atoms with van der Waals surface area (Å²) < 4.78 is 0. The molecule has 4 heteroatoms. The van der Waals surface area contributed by atoms with Crippen LogP contribution >= 0.6 is 22.9 Å². The van der Waals surface area contributed by atoms with E-state index < -0.39 is 0 Å². The van der Waals surface area contributed by atoms with Crippen LogP contribution in [0.25, 0.3) is 0 Å². The number of alkyl halides is 1. The Hall–Kier alpha value is -0.540. The fourth-order valence-corrected chi connectivity index (χ4v) is 3.07. The van der Waals surface area contributed by atoms with E-state index in [2.05, 4.69) is 6.92 Å². The van der Waals surface area contributed by atoms with Gasteiger partial charge in [0.15, 0.2) is 0 Å². The van der Waals surface area contributed by atoms with E-state index >= 15 is 0 Å². The Morgan fingerprint density at radius 1 is 1.73 bits per heavy atom. The maximum absolute atomic E-state index is 12.1. The number of likely N-dealkylation sites (tertiary alicyclic amines) is 1. The van der Waals surface area contributed by atoms with E-state index in [0.717, 1.165) is 29.8 Å². The van der Waals surface area contributed by atoms with Crippen LogP contribution in [0.5, 0.6) is 0 Å². The normalized spacial score (nSPS) is 20.9. The Balaban J connectivity index is 2.14. The van der Waals surface area contributed by atoms with E-state index in [9.17, 15) is 4.79 Å². The highest BCUT2D eigenvalue weighted by Gasteiger charge is 2.27. The highest BCUT2D eigenvalue weighted by Crippen LogP contribution is 2.23. The van der Waals surface area contributed by atoms with Crippen LogP contribution in [-0.2, 0) is 6.42 Å². The number of rotatable bonds is 2. The number of carbonyl (C=O) groups is 1. The van der Waals surface area contributed by atoms with Crippen LogP contribution in [0.1, 0.15) is 28.6 Å². The second kappa shape index (κ2) is 4.54. The van der Waals surface area contributed by atoms with Gasteiger partial charge in [0.2, 0.25) is 0 Å². The van der Waals surface area contributed by atoms with Crippen molar-refractivity contribution in [2.45, 2.75) is 25.1 Å². The Morgan fingerprint density at radius 2 is 2.53 bits per heavy atom. The van der Waals surface area contributed by atoms with Crippen molar-refractivity contribution in [1.82, 2.24) is 4.90 Å². The number of hydrogen-bond acceptors (Lipinski definition) is 2. The van der Waals surface area contributed by atoms with Crippen molar-refractivity contribution in [2.24, 2.45) is 0 Å². The SMILES string of the molecule is CCc1ccsc1C(=O)N1CCC(Cl)C1. The maximum atomic E-state index is 12.1. The lowest BCUT2D eigenvalue weighted by Gasteiger charge is -2.15. The van der Waals surface area contributed by atoms with E-state index in [4.69, 9.17) is 11.6 Å². The van der Waals surface area contributed by atoms with Crippen molar-refractivity contribution >= 4 is 28.8 Å². The summed E-state index contributed by atoms with van der Waals surface area (Å²) in [5, 5.41) is 2.12. The number of aryl methyl sites for hydroxylation is 1. The van der Waals surface area contributed by atoms with Gasteiger partial charge in [-0.15, -0.1) is 22.9 Å². The Kier molecular flexibility index (Phi) is 3.32. The quantitative estimate of drug-likeness (QED) is 0.732. The largest absolute Gasteiger partial charge is 0.336 e. The molecule has 0 aromatic carbocycles. The van der Waals surface area contributed by atoms with Crippen molar-refractivity contribution < 1.29 is 4.79 Å². The van der Waals surface area contributed by atoms with Crippen LogP contribution in [-0.4, -0.2) is 29.3 Å². The molecule has 1 aliphatic rings. The minimum absolute atomic E-state index is 0.138. The molecule has 2 heterocycles. The molecule has 1 aromatic heterocycles. The predicted molar refractivity (Wildman–Crippen MR) is 63.9 cm³/mol. The van der Waals surface area contributed by atoms with Gasteiger partial charge >= 0.3 is 0 Å². The molecule has 1 aliphatic heterocycles. The fraction of sp³-hybridized carbons (Fsp3) is 0.545. The molecule has 0 spiro atoms. The van der Waals surface area contributed by atoms with E-state index in [1.807, 2.05) is 16.3 Å². The number of halogens is 1. The molecule has 1 atom stereocenters. The number of nitrogens with zero attached hydrogens (tertiary/aromatic N) is 1. The number of amides is 1. The van der Waals surface area contributed by atoms with Crippen LogP contribution < -0.4 is 0 Å². The second-order valence-corrected chi connectivity index (χ2v) is 5.30. The lowest BCUT2D eigenvalue weighted by molar-refractivity contribution is 0.0797. The van der Waals surface area contributed by atoms with Crippen LogP contribution in [0.15, 0.2) is 11.4 Å². The average Bonchev–Trinajstić information content (AvgIpc) is 2.84. The standard InChI is InChI=1S/C11H14ClNOS/c1-2-8-4-6-15-10(8)11(14)13-5-3-9(12)7-13/h4,6,9H,2-3,5,7H2,1H3. The zero-order valence-corrected chi connectivity index (χ0v) is 10.3. The van der Waals surface area contributed by atoms with Crippen molar-refractivity contribution in [2.75, 3.05) is 13.1 Å². The monoisotopic (exact) mass is 243 g/mol. The van der Waals surface area contributed by atoms with Gasteiger partial charge in [0.05, 0.1) is 10.3 Å². The zero-order chi connectivity index (χ0) is 10.8. The maximum Gasteiger partial charge on any atom is 0.264 e. The molecule has 82 valence electrons. The van der Waals surface area contributed by atoms with Crippen molar-refractivity contribution in [3.63, 3.8) is 0 Å². The highest BCUT2D eigenvalue weighted by molar-refractivity contribution is 7.12. The lowest BCUT2D eigenvalue weighted by atomic mass is 10.2. The molecule has 15 heavy (non-hydrogen) atoms. The molecule has 1 saturated heterocycles. The van der Waals surface area contributed by atoms with Gasteiger partial charge < -0.3 is 4.90 Å². The Morgan fingerprint density at radius 3 is 3.13 bits per heavy atom. The molecule has 0 aliphatic carbocycles. The van der Waals surface area contributed by atoms with Gasteiger partial charge in [-0.05, 0) is 29.9 Å². The van der Waals surface area contributed by atoms with Gasteiger partial charge in [-0.1, -0.05) is 6.92 Å². The van der Waals surface area contributed by atoms with Crippen molar-refractivity contribution in [3.8, 4) is 0 Å². The van der Waals surface area contributed by atoms with Crippen LogP contribution in [0.4, 0.5) is 0 Å². The summed E-state index contributed by atoms with van der Waals surface area (Å²) in [6.45, 7) is 3.57. The van der Waals surface area contributed by atoms with Gasteiger partial charge in [0.1, 0.15) is 0 Å². The minimum atomic E-state index is 0.138. The third-order valence-corrected chi connectivity index (χ3v) is 4.04. The topological polar surface area (TPSA) is 20.3 Å². The summed E-state index contributed by atoms with van der Waals surface area (Å²) in [5.74, 6) is 0.157. The fourth-order valence-electron chi connectivity index (χ4n) is 1.85. The molecular formula is C11H14ClNOS. The molecule has 0 radical (unpaired) electrons. The first-order valence-electron chi connectivity index (χ1n) is 5.22. The van der Waals surface area contributed by atoms with E-state index in [1.54, 1.807) is 0 Å². The minimum Gasteiger partial charge on any atom is -0.336 e. The summed E-state index contributed by atoms with van der Waals surface area (Å²) in [6.07, 6.45) is 1.84. The summed E-state index contributed by atoms with van der Waals surface area (Å²) >= 11 is 7.53. The van der Waals surface area contributed by atoms with Crippen LogP contribution in [0.3, 0.4) is 0 Å². The van der Waals surface area contributed by atoms with Gasteiger partial charge in [0.25, 0.3) is 5.91 Å². The molecule has 0 N–H and O–H groups in total. The molecule has 1 amide bonds. The lowest BCUT2D eigenvalue weighted by Crippen LogP contribution is -2.28. The first kappa shape index (κ1) is 11.0. The number of carbonyl (C=O) groups excluding carboxylic acids is 1. The predicted octanol–water partition coefficient (Wildman–Crippen LogP) is 2.76. The van der Waals surface area contributed by atoms with E-state index in [1.165, 1.54) is 11.3 Å². The molecule has 0 saturated carbocycles. The molecule has 0 bridgehead atoms. The number of hydrogen-bond donors (Lipinski definition) is 0. The van der Waals surface area contributed by atoms with Crippen LogP contribution in [0.2, 0.25) is 0 Å². The second-order valence-electron chi connectivity index (χ2n) is 3.77. The molecule has 1 unspecified atom stereocenters. The van der Waals surface area contributed by atoms with Gasteiger partial charge in [0, 0.05) is 13.1 Å². The zero-order valence-electron chi connectivity index (χ0n) is 8.70. The van der Waals surface area contributed by atoms with E-state index in [-0.39, 0.29) is 11.3 Å². The average molecular weight is 244 g/mol. The van der Waals surface area contributed by atoms with Crippen molar-refractivity contribution in [3.05, 3.63) is 21.9 Å².